The van der Waals surface area contributed by atoms with Crippen molar-refractivity contribution in [2.24, 2.45) is 5.92 Å². The number of nitrogens with one attached hydrogen (secondary N) is 2. The molecule has 0 bridgehead atoms. The molecule has 196 valence electrons. The Morgan fingerprint density at radius 3 is 2.73 bits per heavy atom. The van der Waals surface area contributed by atoms with E-state index in [-0.39, 0.29) is 23.8 Å². The summed E-state index contributed by atoms with van der Waals surface area (Å²) in [5, 5.41) is 7.06. The Labute approximate surface area is 233 Å². The third kappa shape index (κ3) is 6.27. The molecule has 2 fully saturated rings. The molecule has 1 saturated heterocycles. The van der Waals surface area contributed by atoms with Crippen LogP contribution in [-0.2, 0) is 11.3 Å². The smallest absolute Gasteiger partial charge is 0.293 e. The van der Waals surface area contributed by atoms with Crippen molar-refractivity contribution in [1.82, 2.24) is 23.0 Å². The van der Waals surface area contributed by atoms with E-state index in [2.05, 4.69) is 51.5 Å². The first-order chi connectivity index (χ1) is 17.9. The summed E-state index contributed by atoms with van der Waals surface area (Å²) >= 11 is 8.77. The van der Waals surface area contributed by atoms with Gasteiger partial charge in [0.1, 0.15) is 5.02 Å². The number of benzene rings is 1. The number of piperazine rings is 1. The Morgan fingerprint density at radius 2 is 2.00 bits per heavy atom. The molecule has 0 spiro atoms. The van der Waals surface area contributed by atoms with Gasteiger partial charge in [-0.05, 0) is 36.6 Å². The quantitative estimate of drug-likeness (QED) is 0.271. The fourth-order valence-electron chi connectivity index (χ4n) is 4.31. The van der Waals surface area contributed by atoms with Crippen LogP contribution in [0.5, 0.6) is 5.75 Å². The molecule has 1 amide bonds. The molecule has 1 saturated carbocycles. The largest absolute Gasteiger partial charge is 0.478 e. The van der Waals surface area contributed by atoms with Gasteiger partial charge in [0, 0.05) is 73.7 Å². The highest BCUT2D eigenvalue weighted by Gasteiger charge is 2.22. The van der Waals surface area contributed by atoms with Crippen LogP contribution in [0.25, 0.3) is 10.9 Å². The topological polar surface area (TPSA) is 105 Å². The highest BCUT2D eigenvalue weighted by Crippen LogP contribution is 2.33. The van der Waals surface area contributed by atoms with Crippen molar-refractivity contribution >= 4 is 68.7 Å². The lowest BCUT2D eigenvalue weighted by atomic mass is 10.1. The minimum atomic E-state index is -0.298. The average Bonchev–Trinajstić information content (AvgIpc) is 3.73. The third-order valence-corrected chi connectivity index (χ3v) is 7.90. The third-order valence-electron chi connectivity index (χ3n) is 6.66. The number of ether oxygens (including phenoxy) is 1. The van der Waals surface area contributed by atoms with E-state index < -0.39 is 0 Å². The van der Waals surface area contributed by atoms with Gasteiger partial charge in [0.25, 0.3) is 11.5 Å². The summed E-state index contributed by atoms with van der Waals surface area (Å²) in [6.07, 6.45) is 4.98. The van der Waals surface area contributed by atoms with Gasteiger partial charge in [0.15, 0.2) is 18.2 Å². The molecule has 12 heteroatoms. The van der Waals surface area contributed by atoms with Gasteiger partial charge in [0.05, 0.1) is 11.7 Å². The number of nitrogens with zero attached hydrogens (tertiary/aromatic N) is 5. The molecule has 37 heavy (non-hydrogen) atoms. The van der Waals surface area contributed by atoms with Crippen molar-refractivity contribution in [3.63, 3.8) is 0 Å². The van der Waals surface area contributed by atoms with Crippen molar-refractivity contribution in [2.45, 2.75) is 25.8 Å². The number of fused-ring (bicyclic) bond motifs is 1. The Hall–Kier alpha value is -2.64. The first kappa shape index (κ1) is 26.0. The van der Waals surface area contributed by atoms with Crippen molar-refractivity contribution in [3.05, 3.63) is 45.8 Å². The lowest BCUT2D eigenvalue weighted by Gasteiger charge is -2.31. The number of hydrogen-bond acceptors (Lipinski definition) is 8. The average molecular weight is 638 g/mol. The first-order valence-corrected chi connectivity index (χ1v) is 13.7. The lowest BCUT2D eigenvalue weighted by molar-refractivity contribution is -0.122. The molecular weight excluding hydrogens is 609 g/mol. The van der Waals surface area contributed by atoms with E-state index in [0.29, 0.717) is 29.3 Å². The summed E-state index contributed by atoms with van der Waals surface area (Å²) in [6.45, 7) is 3.95. The summed E-state index contributed by atoms with van der Waals surface area (Å²) in [5.41, 5.74) is 1.35. The Balaban J connectivity index is 1.44. The number of anilines is 3. The molecule has 0 unspecified atom stereocenters. The maximum atomic E-state index is 13.2. The fourth-order valence-corrected chi connectivity index (χ4v) is 4.88. The van der Waals surface area contributed by atoms with Crippen LogP contribution < -0.4 is 25.8 Å². The van der Waals surface area contributed by atoms with Crippen molar-refractivity contribution in [2.75, 3.05) is 50.1 Å². The second kappa shape index (κ2) is 11.4. The number of aromatic nitrogens is 3. The molecule has 2 N–H and O–H groups in total. The molecule has 3 heterocycles. The zero-order valence-corrected chi connectivity index (χ0v) is 23.5. The second-order valence-corrected chi connectivity index (χ2v) is 11.1. The van der Waals surface area contributed by atoms with Crippen LogP contribution in [0.2, 0.25) is 5.02 Å². The molecule has 10 nitrogen and oxygen atoms in total. The molecular formula is C25H29ClIN7O3. The van der Waals surface area contributed by atoms with Crippen LogP contribution in [0.15, 0.2) is 35.3 Å². The number of aryl methyl sites for hydroxylation is 1. The minimum Gasteiger partial charge on any atom is -0.478 e. The summed E-state index contributed by atoms with van der Waals surface area (Å²) in [6, 6.07) is 7.45. The number of hydrogen-bond donors (Lipinski definition) is 2. The standard InChI is InChI=1S/C25H29ClIN7O3/c1-28-22(35)15-37-21-13-17-12-18(4-5-20(17)34(24(21)36)7-6-16-2-3-16)30-23-19(26)14-29-25(31-23)32-8-10-33(27)11-9-32/h4-5,12-14,16H,2-3,6-11,15H2,1H3,(H,28,35)(H,29,30,31). The van der Waals surface area contributed by atoms with Crippen LogP contribution in [0, 0.1) is 5.92 Å². The van der Waals surface area contributed by atoms with Crippen LogP contribution in [0.4, 0.5) is 17.5 Å². The Bertz CT molecular complexity index is 1360. The van der Waals surface area contributed by atoms with Gasteiger partial charge >= 0.3 is 0 Å². The molecule has 1 aliphatic carbocycles. The molecule has 1 aliphatic heterocycles. The van der Waals surface area contributed by atoms with E-state index in [0.717, 1.165) is 49.2 Å². The van der Waals surface area contributed by atoms with Gasteiger partial charge < -0.3 is 24.8 Å². The lowest BCUT2D eigenvalue weighted by Crippen LogP contribution is -2.42. The van der Waals surface area contributed by atoms with E-state index in [9.17, 15) is 9.59 Å². The summed E-state index contributed by atoms with van der Waals surface area (Å²) < 4.78 is 9.61. The van der Waals surface area contributed by atoms with Gasteiger partial charge in [-0.25, -0.2) is 8.10 Å². The number of carbonyl (C=O) groups excluding carboxylic acids is 1. The normalized spacial score (nSPS) is 16.1. The second-order valence-electron chi connectivity index (χ2n) is 9.32. The van der Waals surface area contributed by atoms with Crippen LogP contribution >= 0.6 is 34.5 Å². The number of halogens is 2. The van der Waals surface area contributed by atoms with Gasteiger partial charge in [-0.15, -0.1) is 0 Å². The van der Waals surface area contributed by atoms with E-state index in [1.807, 2.05) is 18.2 Å². The van der Waals surface area contributed by atoms with Crippen molar-refractivity contribution in [3.8, 4) is 5.75 Å². The number of pyridine rings is 1. The van der Waals surface area contributed by atoms with Crippen LogP contribution in [-0.4, -0.2) is 63.4 Å². The predicted molar refractivity (Wildman–Crippen MR) is 153 cm³/mol. The van der Waals surface area contributed by atoms with E-state index in [1.54, 1.807) is 16.8 Å². The fraction of sp³-hybridized carbons (Fsp3) is 0.440. The molecule has 0 radical (unpaired) electrons. The first-order valence-electron chi connectivity index (χ1n) is 12.4. The van der Waals surface area contributed by atoms with Crippen molar-refractivity contribution in [1.29, 1.82) is 0 Å². The molecule has 1 aromatic carbocycles. The summed E-state index contributed by atoms with van der Waals surface area (Å²) in [7, 11) is 1.53. The van der Waals surface area contributed by atoms with E-state index in [4.69, 9.17) is 16.3 Å². The maximum Gasteiger partial charge on any atom is 0.293 e. The van der Waals surface area contributed by atoms with E-state index >= 15 is 0 Å². The number of rotatable bonds is 9. The zero-order chi connectivity index (χ0) is 25.9. The number of carbonyl (C=O) groups is 1. The van der Waals surface area contributed by atoms with Crippen molar-refractivity contribution < 1.29 is 9.53 Å². The Morgan fingerprint density at radius 1 is 1.22 bits per heavy atom. The zero-order valence-electron chi connectivity index (χ0n) is 20.5. The summed E-state index contributed by atoms with van der Waals surface area (Å²) in [5.74, 6) is 1.68. The Kier molecular flexibility index (Phi) is 8.01. The summed E-state index contributed by atoms with van der Waals surface area (Å²) in [4.78, 5) is 36.2. The maximum absolute atomic E-state index is 13.2. The minimum absolute atomic E-state index is 0.154. The predicted octanol–water partition coefficient (Wildman–Crippen LogP) is 3.59. The van der Waals surface area contributed by atoms with Crippen LogP contribution in [0.3, 0.4) is 0 Å². The molecule has 2 aromatic heterocycles. The number of likely N-dealkylation sites (N-methyl/N-ethyl adjacent to an activating group) is 1. The highest BCUT2D eigenvalue weighted by atomic mass is 127. The van der Waals surface area contributed by atoms with E-state index in [1.165, 1.54) is 19.9 Å². The van der Waals surface area contributed by atoms with Crippen LogP contribution in [0.1, 0.15) is 19.3 Å². The van der Waals surface area contributed by atoms with Gasteiger partial charge in [-0.2, -0.15) is 4.98 Å². The SMILES string of the molecule is CNC(=O)COc1cc2cc(Nc3nc(N4CCN(I)CC4)ncc3Cl)ccc2n(CCC2CC2)c1=O. The monoisotopic (exact) mass is 637 g/mol. The van der Waals surface area contributed by atoms with Gasteiger partial charge in [-0.1, -0.05) is 24.4 Å². The molecule has 0 atom stereocenters. The van der Waals surface area contributed by atoms with Gasteiger partial charge in [-0.3, -0.25) is 9.59 Å². The highest BCUT2D eigenvalue weighted by molar-refractivity contribution is 14.1. The number of amides is 1. The molecule has 2 aliphatic rings. The molecule has 3 aromatic rings. The molecule has 5 rings (SSSR count). The van der Waals surface area contributed by atoms with Gasteiger partial charge in [0.2, 0.25) is 5.95 Å².